The van der Waals surface area contributed by atoms with E-state index in [1.807, 2.05) is 33.8 Å². The van der Waals surface area contributed by atoms with Gasteiger partial charge in [-0.25, -0.2) is 0 Å². The number of aromatic nitrogens is 1. The predicted octanol–water partition coefficient (Wildman–Crippen LogP) is 7.98. The van der Waals surface area contributed by atoms with E-state index in [0.717, 1.165) is 35.3 Å². The molecule has 8 unspecified atom stereocenters. The molecule has 3 nitrogen and oxygen atoms in total. The fourth-order valence-electron chi connectivity index (χ4n) is 8.53. The molecule has 1 aromatic rings. The Bertz CT molecular complexity index is 699. The Labute approximate surface area is 191 Å². The zero-order valence-corrected chi connectivity index (χ0v) is 21.4. The van der Waals surface area contributed by atoms with Gasteiger partial charge >= 0.3 is 0 Å². The molecule has 4 saturated carbocycles. The summed E-state index contributed by atoms with van der Waals surface area (Å²) < 4.78 is 5.35. The average Bonchev–Trinajstić information content (AvgIpc) is 3.40. The number of fused-ring (bicyclic) bond motifs is 5. The Morgan fingerprint density at radius 1 is 0.935 bits per heavy atom. The molecule has 0 amide bonds. The zero-order valence-electron chi connectivity index (χ0n) is 21.4. The molecular formula is C28H49NO2. The van der Waals surface area contributed by atoms with Crippen LogP contribution < -0.4 is 0 Å². The van der Waals surface area contributed by atoms with Gasteiger partial charge < -0.3 is 9.63 Å². The van der Waals surface area contributed by atoms with Gasteiger partial charge in [-0.15, -0.1) is 0 Å². The lowest BCUT2D eigenvalue weighted by Gasteiger charge is -2.61. The molecule has 31 heavy (non-hydrogen) atoms. The molecule has 1 heterocycles. The molecule has 3 heteroatoms. The summed E-state index contributed by atoms with van der Waals surface area (Å²) in [5.41, 5.74) is 2.08. The smallest absolute Gasteiger partial charge is 0.162 e. The second kappa shape index (κ2) is 9.98. The van der Waals surface area contributed by atoms with Gasteiger partial charge in [0.2, 0.25) is 0 Å². The summed E-state index contributed by atoms with van der Waals surface area (Å²) in [5.74, 6) is 5.79. The first-order chi connectivity index (χ1) is 15.0. The highest BCUT2D eigenvalue weighted by Gasteiger charge is 2.60. The molecule has 1 N–H and O–H groups in total. The minimum absolute atomic E-state index is 0.0390. The van der Waals surface area contributed by atoms with Crippen molar-refractivity contribution in [2.24, 2.45) is 40.4 Å². The summed E-state index contributed by atoms with van der Waals surface area (Å²) in [6, 6.07) is 2.02. The van der Waals surface area contributed by atoms with E-state index in [1.165, 1.54) is 57.8 Å². The second-order valence-corrected chi connectivity index (χ2v) is 11.1. The molecular weight excluding hydrogens is 382 g/mol. The SMILES string of the molecule is CC.CC.CC1CCC2(C)C(CCC3C2CCC2(C)C(c4cc(CO)on4)CCC32)C1. The molecule has 5 rings (SSSR count). The summed E-state index contributed by atoms with van der Waals surface area (Å²) in [4.78, 5) is 0. The maximum absolute atomic E-state index is 9.37. The van der Waals surface area contributed by atoms with E-state index in [0.29, 0.717) is 22.5 Å². The van der Waals surface area contributed by atoms with Crippen molar-refractivity contribution in [1.29, 1.82) is 0 Å². The van der Waals surface area contributed by atoms with Crippen molar-refractivity contribution >= 4 is 0 Å². The number of hydrogen-bond donors (Lipinski definition) is 1. The fraction of sp³-hybridized carbons (Fsp3) is 0.893. The fourth-order valence-corrected chi connectivity index (χ4v) is 8.53. The summed E-state index contributed by atoms with van der Waals surface area (Å²) in [6.07, 6.45) is 12.7. The van der Waals surface area contributed by atoms with Gasteiger partial charge in [0.05, 0.1) is 5.69 Å². The van der Waals surface area contributed by atoms with Gasteiger partial charge in [-0.3, -0.25) is 0 Å². The van der Waals surface area contributed by atoms with Crippen LogP contribution in [0.4, 0.5) is 0 Å². The minimum atomic E-state index is -0.0390. The van der Waals surface area contributed by atoms with Crippen LogP contribution in [0.5, 0.6) is 0 Å². The molecule has 0 radical (unpaired) electrons. The van der Waals surface area contributed by atoms with Crippen molar-refractivity contribution in [3.63, 3.8) is 0 Å². The first kappa shape index (κ1) is 24.8. The van der Waals surface area contributed by atoms with Gasteiger partial charge in [-0.05, 0) is 91.8 Å². The Morgan fingerprint density at radius 3 is 2.29 bits per heavy atom. The van der Waals surface area contributed by atoms with Crippen molar-refractivity contribution in [2.45, 2.75) is 119 Å². The Kier molecular flexibility index (Phi) is 7.98. The highest BCUT2D eigenvalue weighted by Crippen LogP contribution is 2.69. The number of aliphatic hydroxyl groups is 1. The summed E-state index contributed by atoms with van der Waals surface area (Å²) >= 11 is 0. The van der Waals surface area contributed by atoms with Crippen LogP contribution in [-0.2, 0) is 6.61 Å². The van der Waals surface area contributed by atoms with Gasteiger partial charge in [0, 0.05) is 12.0 Å². The van der Waals surface area contributed by atoms with E-state index in [2.05, 4.69) is 25.9 Å². The first-order valence-corrected chi connectivity index (χ1v) is 13.5. The lowest BCUT2D eigenvalue weighted by Crippen LogP contribution is -2.53. The highest BCUT2D eigenvalue weighted by atomic mass is 16.5. The molecule has 8 atom stereocenters. The molecule has 4 aliphatic carbocycles. The third kappa shape index (κ3) is 4.13. The maximum Gasteiger partial charge on any atom is 0.162 e. The zero-order chi connectivity index (χ0) is 22.8. The topological polar surface area (TPSA) is 46.3 Å². The van der Waals surface area contributed by atoms with Crippen molar-refractivity contribution in [1.82, 2.24) is 5.16 Å². The van der Waals surface area contributed by atoms with E-state index in [-0.39, 0.29) is 6.61 Å². The molecule has 0 aliphatic heterocycles. The third-order valence-corrected chi connectivity index (χ3v) is 10.0. The third-order valence-electron chi connectivity index (χ3n) is 10.0. The van der Waals surface area contributed by atoms with Gasteiger partial charge in [0.1, 0.15) is 6.61 Å². The molecule has 4 fully saturated rings. The van der Waals surface area contributed by atoms with E-state index in [9.17, 15) is 5.11 Å². The Morgan fingerprint density at radius 2 is 1.61 bits per heavy atom. The highest BCUT2D eigenvalue weighted by molar-refractivity contribution is 5.20. The van der Waals surface area contributed by atoms with E-state index in [4.69, 9.17) is 4.52 Å². The van der Waals surface area contributed by atoms with Crippen LogP contribution in [0.15, 0.2) is 10.6 Å². The van der Waals surface area contributed by atoms with Gasteiger partial charge in [0.15, 0.2) is 5.76 Å². The monoisotopic (exact) mass is 431 g/mol. The second-order valence-electron chi connectivity index (χ2n) is 11.1. The first-order valence-electron chi connectivity index (χ1n) is 13.5. The average molecular weight is 432 g/mol. The quantitative estimate of drug-likeness (QED) is 0.516. The van der Waals surface area contributed by atoms with Crippen LogP contribution in [0, 0.1) is 40.4 Å². The van der Waals surface area contributed by atoms with Gasteiger partial charge in [0.25, 0.3) is 0 Å². The summed E-state index contributed by atoms with van der Waals surface area (Å²) in [7, 11) is 0. The lowest BCUT2D eigenvalue weighted by molar-refractivity contribution is -0.112. The molecule has 178 valence electrons. The van der Waals surface area contributed by atoms with E-state index >= 15 is 0 Å². The predicted molar refractivity (Wildman–Crippen MR) is 129 cm³/mol. The van der Waals surface area contributed by atoms with Crippen molar-refractivity contribution < 1.29 is 9.63 Å². The normalized spacial score (nSPS) is 43.4. The van der Waals surface area contributed by atoms with Crippen LogP contribution in [0.1, 0.15) is 124 Å². The standard InChI is InChI=1S/C24H37NO2.2C2H6/c1-15-8-10-23(2)16(12-15)4-5-18-19-6-7-21(22-13-17(14-26)27-25-22)24(19,3)11-9-20(18)23;2*1-2/h13,15-16,18-21,26H,4-12,14H2,1-3H3;2*1-2H3. The van der Waals surface area contributed by atoms with Crippen LogP contribution in [0.3, 0.4) is 0 Å². The van der Waals surface area contributed by atoms with Gasteiger partial charge in [-0.2, -0.15) is 0 Å². The van der Waals surface area contributed by atoms with Crippen LogP contribution in [0.2, 0.25) is 0 Å². The van der Waals surface area contributed by atoms with E-state index in [1.54, 1.807) is 0 Å². The van der Waals surface area contributed by atoms with Crippen LogP contribution in [0.25, 0.3) is 0 Å². The van der Waals surface area contributed by atoms with Crippen molar-refractivity contribution in [3.8, 4) is 0 Å². The summed E-state index contributed by atoms with van der Waals surface area (Å²) in [6.45, 7) is 15.7. The molecule has 1 aromatic heterocycles. The number of rotatable bonds is 2. The number of nitrogens with zero attached hydrogens (tertiary/aromatic N) is 1. The van der Waals surface area contributed by atoms with Crippen LogP contribution >= 0.6 is 0 Å². The number of hydrogen-bond acceptors (Lipinski definition) is 3. The Balaban J connectivity index is 0.000000645. The minimum Gasteiger partial charge on any atom is -0.388 e. The molecule has 0 aromatic carbocycles. The Hall–Kier alpha value is -0.830. The molecule has 4 aliphatic rings. The molecule has 0 spiro atoms. The lowest BCUT2D eigenvalue weighted by atomic mass is 9.44. The van der Waals surface area contributed by atoms with Gasteiger partial charge in [-0.1, -0.05) is 60.0 Å². The largest absolute Gasteiger partial charge is 0.388 e. The number of aliphatic hydroxyl groups excluding tert-OH is 1. The molecule has 0 bridgehead atoms. The van der Waals surface area contributed by atoms with E-state index < -0.39 is 0 Å². The van der Waals surface area contributed by atoms with Crippen molar-refractivity contribution in [3.05, 3.63) is 17.5 Å². The summed E-state index contributed by atoms with van der Waals surface area (Å²) in [5, 5.41) is 13.7. The van der Waals surface area contributed by atoms with Crippen LogP contribution in [-0.4, -0.2) is 10.3 Å². The van der Waals surface area contributed by atoms with Crippen molar-refractivity contribution in [2.75, 3.05) is 0 Å². The molecule has 0 saturated heterocycles. The maximum atomic E-state index is 9.37.